The SMILES string of the molecule is CCOC(=O)c1cc(C#N)c(C)[nH]c1=O. The van der Waals surface area contributed by atoms with Crippen molar-refractivity contribution in [3.63, 3.8) is 0 Å². The molecule has 0 bridgehead atoms. The van der Waals surface area contributed by atoms with Gasteiger partial charge >= 0.3 is 5.97 Å². The first-order chi connectivity index (χ1) is 7.10. The third-order valence-corrected chi connectivity index (χ3v) is 1.85. The van der Waals surface area contributed by atoms with E-state index in [1.54, 1.807) is 13.8 Å². The van der Waals surface area contributed by atoms with Crippen molar-refractivity contribution in [1.82, 2.24) is 4.98 Å². The molecule has 5 heteroatoms. The highest BCUT2D eigenvalue weighted by molar-refractivity contribution is 5.89. The van der Waals surface area contributed by atoms with Crippen molar-refractivity contribution in [3.8, 4) is 6.07 Å². The fourth-order valence-corrected chi connectivity index (χ4v) is 1.10. The molecular formula is C10H10N2O3. The van der Waals surface area contributed by atoms with E-state index in [4.69, 9.17) is 5.26 Å². The van der Waals surface area contributed by atoms with Crippen LogP contribution in [0.1, 0.15) is 28.5 Å². The molecule has 0 aliphatic carbocycles. The lowest BCUT2D eigenvalue weighted by molar-refractivity contribution is 0.0524. The molecule has 5 nitrogen and oxygen atoms in total. The van der Waals surface area contributed by atoms with Crippen molar-refractivity contribution in [2.45, 2.75) is 13.8 Å². The molecule has 0 aliphatic heterocycles. The topological polar surface area (TPSA) is 82.9 Å². The van der Waals surface area contributed by atoms with Crippen LogP contribution in [0.5, 0.6) is 0 Å². The number of pyridine rings is 1. The van der Waals surface area contributed by atoms with E-state index in [1.165, 1.54) is 6.07 Å². The van der Waals surface area contributed by atoms with E-state index in [2.05, 4.69) is 9.72 Å². The molecule has 0 aromatic carbocycles. The number of esters is 1. The Morgan fingerprint density at radius 3 is 2.87 bits per heavy atom. The summed E-state index contributed by atoms with van der Waals surface area (Å²) in [6.45, 7) is 3.43. The van der Waals surface area contributed by atoms with E-state index in [1.807, 2.05) is 6.07 Å². The summed E-state index contributed by atoms with van der Waals surface area (Å²) in [4.78, 5) is 25.1. The number of H-pyrrole nitrogens is 1. The maximum Gasteiger partial charge on any atom is 0.343 e. The van der Waals surface area contributed by atoms with Gasteiger partial charge in [-0.15, -0.1) is 0 Å². The summed E-state index contributed by atoms with van der Waals surface area (Å²) < 4.78 is 4.68. The zero-order valence-electron chi connectivity index (χ0n) is 8.46. The maximum atomic E-state index is 11.4. The summed E-state index contributed by atoms with van der Waals surface area (Å²) in [5.74, 6) is -0.713. The Labute approximate surface area is 86.3 Å². The number of nitrogens with zero attached hydrogens (tertiary/aromatic N) is 1. The fraction of sp³-hybridized carbons (Fsp3) is 0.300. The van der Waals surface area contributed by atoms with Crippen LogP contribution in [0, 0.1) is 18.3 Å². The molecule has 15 heavy (non-hydrogen) atoms. The molecule has 0 saturated carbocycles. The number of carbonyl (C=O) groups is 1. The number of carbonyl (C=O) groups excluding carboxylic acids is 1. The van der Waals surface area contributed by atoms with Crippen molar-refractivity contribution in [2.24, 2.45) is 0 Å². The molecule has 0 unspecified atom stereocenters. The largest absolute Gasteiger partial charge is 0.462 e. The minimum Gasteiger partial charge on any atom is -0.462 e. The van der Waals surface area contributed by atoms with Gasteiger partial charge in [0.15, 0.2) is 0 Å². The number of nitrogens with one attached hydrogen (secondary N) is 1. The van der Waals surface area contributed by atoms with Crippen LogP contribution in [-0.2, 0) is 4.74 Å². The molecule has 0 aliphatic rings. The van der Waals surface area contributed by atoms with Gasteiger partial charge in [-0.1, -0.05) is 0 Å². The Morgan fingerprint density at radius 2 is 2.33 bits per heavy atom. The number of aromatic nitrogens is 1. The summed E-state index contributed by atoms with van der Waals surface area (Å²) in [5.41, 5.74) is 0.0251. The standard InChI is InChI=1S/C10H10N2O3/c1-3-15-10(14)8-4-7(5-11)6(2)12-9(8)13/h4H,3H2,1-2H3,(H,12,13). The van der Waals surface area contributed by atoms with Gasteiger partial charge in [0, 0.05) is 5.69 Å². The molecule has 1 aromatic heterocycles. The van der Waals surface area contributed by atoms with Gasteiger partial charge in [-0.05, 0) is 19.9 Å². The Hall–Kier alpha value is -2.09. The van der Waals surface area contributed by atoms with Crippen LogP contribution in [0.4, 0.5) is 0 Å². The summed E-state index contributed by atoms with van der Waals surface area (Å²) in [6.07, 6.45) is 0. The van der Waals surface area contributed by atoms with E-state index in [0.717, 1.165) is 0 Å². The minimum atomic E-state index is -0.713. The van der Waals surface area contributed by atoms with Crippen molar-refractivity contribution < 1.29 is 9.53 Å². The van der Waals surface area contributed by atoms with Crippen LogP contribution < -0.4 is 5.56 Å². The van der Waals surface area contributed by atoms with Crippen LogP contribution >= 0.6 is 0 Å². The highest BCUT2D eigenvalue weighted by Crippen LogP contribution is 2.04. The Morgan fingerprint density at radius 1 is 1.67 bits per heavy atom. The van der Waals surface area contributed by atoms with Crippen molar-refractivity contribution in [1.29, 1.82) is 5.26 Å². The normalized spacial score (nSPS) is 9.40. The van der Waals surface area contributed by atoms with Crippen LogP contribution in [0.15, 0.2) is 10.9 Å². The average molecular weight is 206 g/mol. The molecule has 0 spiro atoms. The number of hydrogen-bond acceptors (Lipinski definition) is 4. The van der Waals surface area contributed by atoms with Crippen LogP contribution in [0.3, 0.4) is 0 Å². The molecule has 0 fully saturated rings. The Kier molecular flexibility index (Phi) is 3.24. The molecule has 1 N–H and O–H groups in total. The van der Waals surface area contributed by atoms with Gasteiger partial charge in [0.25, 0.3) is 5.56 Å². The number of nitriles is 1. The van der Waals surface area contributed by atoms with Crippen LogP contribution in [0.2, 0.25) is 0 Å². The predicted molar refractivity (Wildman–Crippen MR) is 52.5 cm³/mol. The van der Waals surface area contributed by atoms with Crippen LogP contribution in [0.25, 0.3) is 0 Å². The maximum absolute atomic E-state index is 11.4. The predicted octanol–water partition coefficient (Wildman–Crippen LogP) is 0.732. The highest BCUT2D eigenvalue weighted by atomic mass is 16.5. The Bertz CT molecular complexity index is 482. The van der Waals surface area contributed by atoms with Gasteiger partial charge in [-0.3, -0.25) is 4.79 Å². The van der Waals surface area contributed by atoms with Crippen molar-refractivity contribution in [2.75, 3.05) is 6.61 Å². The van der Waals surface area contributed by atoms with Gasteiger partial charge in [-0.2, -0.15) is 5.26 Å². The van der Waals surface area contributed by atoms with E-state index < -0.39 is 11.5 Å². The smallest absolute Gasteiger partial charge is 0.343 e. The van der Waals surface area contributed by atoms with Crippen molar-refractivity contribution >= 4 is 5.97 Å². The van der Waals surface area contributed by atoms with E-state index >= 15 is 0 Å². The summed E-state index contributed by atoms with van der Waals surface area (Å²) in [6, 6.07) is 3.12. The lowest BCUT2D eigenvalue weighted by atomic mass is 10.1. The molecule has 0 saturated heterocycles. The molecule has 0 radical (unpaired) electrons. The minimum absolute atomic E-state index is 0.140. The second kappa shape index (κ2) is 4.42. The number of aryl methyl sites for hydroxylation is 1. The monoisotopic (exact) mass is 206 g/mol. The van der Waals surface area contributed by atoms with Gasteiger partial charge in [-0.25, -0.2) is 4.79 Å². The first-order valence-electron chi connectivity index (χ1n) is 4.41. The first-order valence-corrected chi connectivity index (χ1v) is 4.41. The van der Waals surface area contributed by atoms with Gasteiger partial charge in [0.05, 0.1) is 12.2 Å². The zero-order valence-corrected chi connectivity index (χ0v) is 8.46. The van der Waals surface area contributed by atoms with E-state index in [9.17, 15) is 9.59 Å². The zero-order chi connectivity index (χ0) is 11.4. The Balaban J connectivity index is 3.26. The third kappa shape index (κ3) is 2.23. The molecule has 1 rings (SSSR count). The molecule has 0 amide bonds. The highest BCUT2D eigenvalue weighted by Gasteiger charge is 2.13. The van der Waals surface area contributed by atoms with Crippen LogP contribution in [-0.4, -0.2) is 17.6 Å². The van der Waals surface area contributed by atoms with Gasteiger partial charge in [0.1, 0.15) is 11.6 Å². The molecular weight excluding hydrogens is 196 g/mol. The number of rotatable bonds is 2. The number of hydrogen-bond donors (Lipinski definition) is 1. The number of ether oxygens (including phenoxy) is 1. The lowest BCUT2D eigenvalue weighted by Gasteiger charge is -2.02. The fourth-order valence-electron chi connectivity index (χ4n) is 1.10. The summed E-state index contributed by atoms with van der Waals surface area (Å²) >= 11 is 0. The van der Waals surface area contributed by atoms with Gasteiger partial charge < -0.3 is 9.72 Å². The second-order valence-corrected chi connectivity index (χ2v) is 2.88. The van der Waals surface area contributed by atoms with E-state index in [-0.39, 0.29) is 17.7 Å². The van der Waals surface area contributed by atoms with Crippen molar-refractivity contribution in [3.05, 3.63) is 33.2 Å². The first kappa shape index (κ1) is 11.0. The molecule has 0 atom stereocenters. The van der Waals surface area contributed by atoms with E-state index in [0.29, 0.717) is 5.69 Å². The lowest BCUT2D eigenvalue weighted by Crippen LogP contribution is -2.21. The summed E-state index contributed by atoms with van der Waals surface area (Å²) in [5, 5.41) is 8.72. The summed E-state index contributed by atoms with van der Waals surface area (Å²) in [7, 11) is 0. The third-order valence-electron chi connectivity index (χ3n) is 1.85. The quantitative estimate of drug-likeness (QED) is 0.723. The second-order valence-electron chi connectivity index (χ2n) is 2.88. The molecule has 1 aromatic rings. The van der Waals surface area contributed by atoms with Gasteiger partial charge in [0.2, 0.25) is 0 Å². The number of aromatic amines is 1. The average Bonchev–Trinajstić information content (AvgIpc) is 2.18. The molecule has 1 heterocycles. The molecule has 78 valence electrons.